The summed E-state index contributed by atoms with van der Waals surface area (Å²) in [5.41, 5.74) is 6.26. The van der Waals surface area contributed by atoms with Gasteiger partial charge in [0.2, 0.25) is 0 Å². The molecule has 0 spiro atoms. The van der Waals surface area contributed by atoms with Gasteiger partial charge in [0.25, 0.3) is 0 Å². The van der Waals surface area contributed by atoms with Gasteiger partial charge >= 0.3 is 0 Å². The molecule has 1 heterocycles. The predicted octanol–water partition coefficient (Wildman–Crippen LogP) is 3.01. The Morgan fingerprint density at radius 3 is 2.56 bits per heavy atom. The Morgan fingerprint density at radius 1 is 1.31 bits per heavy atom. The molecule has 1 aliphatic rings. The van der Waals surface area contributed by atoms with Crippen LogP contribution in [0.3, 0.4) is 0 Å². The SMILES string of the molecule is CC(C)CC(C)(CN)N1CCCCCC1C. The standard InChI is InChI=1S/C14H30N2/c1-12(2)10-14(4,11-15)16-9-7-5-6-8-13(16)3/h12-13H,5-11,15H2,1-4H3. The maximum atomic E-state index is 6.06. The molecule has 1 rings (SSSR count). The number of hydrogen-bond acceptors (Lipinski definition) is 2. The zero-order valence-electron chi connectivity index (χ0n) is 11.6. The van der Waals surface area contributed by atoms with E-state index in [-0.39, 0.29) is 5.54 Å². The second-order valence-electron chi connectivity index (χ2n) is 6.19. The van der Waals surface area contributed by atoms with E-state index in [1.165, 1.54) is 38.6 Å². The zero-order valence-corrected chi connectivity index (χ0v) is 11.6. The van der Waals surface area contributed by atoms with Crippen LogP contribution in [0.15, 0.2) is 0 Å². The Bertz CT molecular complexity index is 203. The van der Waals surface area contributed by atoms with E-state index in [0.717, 1.165) is 12.5 Å². The molecule has 1 aliphatic heterocycles. The van der Waals surface area contributed by atoms with E-state index in [0.29, 0.717) is 6.04 Å². The molecule has 2 N–H and O–H groups in total. The Morgan fingerprint density at radius 2 is 2.00 bits per heavy atom. The quantitative estimate of drug-likeness (QED) is 0.798. The highest BCUT2D eigenvalue weighted by molar-refractivity contribution is 4.91. The molecule has 2 unspecified atom stereocenters. The average Bonchev–Trinajstić information content (AvgIpc) is 2.42. The molecule has 0 radical (unpaired) electrons. The Labute approximate surface area is 102 Å². The highest BCUT2D eigenvalue weighted by Crippen LogP contribution is 2.29. The lowest BCUT2D eigenvalue weighted by atomic mass is 9.87. The minimum Gasteiger partial charge on any atom is -0.329 e. The van der Waals surface area contributed by atoms with E-state index in [9.17, 15) is 0 Å². The van der Waals surface area contributed by atoms with Gasteiger partial charge in [0.1, 0.15) is 0 Å². The first-order chi connectivity index (χ1) is 7.49. The van der Waals surface area contributed by atoms with Crippen LogP contribution >= 0.6 is 0 Å². The van der Waals surface area contributed by atoms with Crippen LogP contribution < -0.4 is 5.73 Å². The Balaban J connectivity index is 2.74. The highest BCUT2D eigenvalue weighted by Gasteiger charge is 2.34. The third kappa shape index (κ3) is 3.46. The molecule has 0 aliphatic carbocycles. The van der Waals surface area contributed by atoms with Crippen LogP contribution in [0.25, 0.3) is 0 Å². The maximum Gasteiger partial charge on any atom is 0.0308 e. The fourth-order valence-corrected chi connectivity index (χ4v) is 3.27. The molecule has 2 heteroatoms. The first-order valence-corrected chi connectivity index (χ1v) is 6.96. The molecule has 0 saturated carbocycles. The summed E-state index contributed by atoms with van der Waals surface area (Å²) in [5.74, 6) is 0.726. The van der Waals surface area contributed by atoms with Crippen molar-refractivity contribution in [3.05, 3.63) is 0 Å². The lowest BCUT2D eigenvalue weighted by molar-refractivity contribution is 0.0541. The minimum atomic E-state index is 0.206. The van der Waals surface area contributed by atoms with Crippen LogP contribution in [0.2, 0.25) is 0 Å². The predicted molar refractivity (Wildman–Crippen MR) is 71.6 cm³/mol. The maximum absolute atomic E-state index is 6.06. The van der Waals surface area contributed by atoms with Crippen molar-refractivity contribution in [2.45, 2.75) is 71.4 Å². The van der Waals surface area contributed by atoms with Crippen LogP contribution in [-0.2, 0) is 0 Å². The summed E-state index contributed by atoms with van der Waals surface area (Å²) in [5, 5.41) is 0. The number of likely N-dealkylation sites (tertiary alicyclic amines) is 1. The van der Waals surface area contributed by atoms with Crippen molar-refractivity contribution in [1.29, 1.82) is 0 Å². The molecule has 1 saturated heterocycles. The van der Waals surface area contributed by atoms with Crippen molar-refractivity contribution in [1.82, 2.24) is 4.90 Å². The van der Waals surface area contributed by atoms with Gasteiger partial charge in [0, 0.05) is 18.1 Å². The van der Waals surface area contributed by atoms with Gasteiger partial charge in [-0.05, 0) is 45.6 Å². The smallest absolute Gasteiger partial charge is 0.0308 e. The topological polar surface area (TPSA) is 29.3 Å². The molecule has 0 amide bonds. The molecule has 2 atom stereocenters. The van der Waals surface area contributed by atoms with Crippen molar-refractivity contribution in [2.75, 3.05) is 13.1 Å². The van der Waals surface area contributed by atoms with Crippen molar-refractivity contribution >= 4 is 0 Å². The molecule has 2 nitrogen and oxygen atoms in total. The average molecular weight is 226 g/mol. The van der Waals surface area contributed by atoms with Gasteiger partial charge in [-0.25, -0.2) is 0 Å². The van der Waals surface area contributed by atoms with E-state index in [1.54, 1.807) is 0 Å². The van der Waals surface area contributed by atoms with Crippen molar-refractivity contribution in [2.24, 2.45) is 11.7 Å². The van der Waals surface area contributed by atoms with Gasteiger partial charge in [-0.1, -0.05) is 26.7 Å². The molecule has 0 aromatic carbocycles. The molecule has 96 valence electrons. The van der Waals surface area contributed by atoms with Crippen LogP contribution in [0.1, 0.15) is 59.8 Å². The lowest BCUT2D eigenvalue weighted by Crippen LogP contribution is -2.55. The molecule has 0 aromatic rings. The number of nitrogens with two attached hydrogens (primary N) is 1. The van der Waals surface area contributed by atoms with Gasteiger partial charge in [-0.3, -0.25) is 4.90 Å². The fraction of sp³-hybridized carbons (Fsp3) is 1.00. The normalized spacial score (nSPS) is 27.8. The van der Waals surface area contributed by atoms with Crippen LogP contribution in [0.5, 0.6) is 0 Å². The Hall–Kier alpha value is -0.0800. The van der Waals surface area contributed by atoms with Gasteiger partial charge in [-0.15, -0.1) is 0 Å². The lowest BCUT2D eigenvalue weighted by Gasteiger charge is -2.45. The summed E-state index contributed by atoms with van der Waals surface area (Å²) >= 11 is 0. The summed E-state index contributed by atoms with van der Waals surface area (Å²) in [6.45, 7) is 11.4. The fourth-order valence-electron chi connectivity index (χ4n) is 3.27. The number of hydrogen-bond donors (Lipinski definition) is 1. The third-order valence-electron chi connectivity index (χ3n) is 4.03. The van der Waals surface area contributed by atoms with Crippen LogP contribution in [0.4, 0.5) is 0 Å². The Kier molecular flexibility index (Phi) is 5.26. The van der Waals surface area contributed by atoms with E-state index >= 15 is 0 Å². The largest absolute Gasteiger partial charge is 0.329 e. The number of nitrogens with zero attached hydrogens (tertiary/aromatic N) is 1. The molecular formula is C14H30N2. The zero-order chi connectivity index (χ0) is 12.2. The minimum absolute atomic E-state index is 0.206. The van der Waals surface area contributed by atoms with Crippen LogP contribution in [0, 0.1) is 5.92 Å². The van der Waals surface area contributed by atoms with Gasteiger partial charge in [0.05, 0.1) is 0 Å². The summed E-state index contributed by atoms with van der Waals surface area (Å²) in [6, 6.07) is 0.704. The first kappa shape index (κ1) is 14.0. The second kappa shape index (κ2) is 6.02. The van der Waals surface area contributed by atoms with E-state index in [4.69, 9.17) is 5.73 Å². The number of rotatable bonds is 4. The van der Waals surface area contributed by atoms with Crippen molar-refractivity contribution in [3.63, 3.8) is 0 Å². The van der Waals surface area contributed by atoms with Crippen LogP contribution in [-0.4, -0.2) is 29.6 Å². The van der Waals surface area contributed by atoms with Gasteiger partial charge < -0.3 is 5.73 Å². The summed E-state index contributed by atoms with van der Waals surface area (Å²) < 4.78 is 0. The second-order valence-corrected chi connectivity index (χ2v) is 6.19. The van der Waals surface area contributed by atoms with Crippen molar-refractivity contribution in [3.8, 4) is 0 Å². The first-order valence-electron chi connectivity index (χ1n) is 6.96. The summed E-state index contributed by atoms with van der Waals surface area (Å²) in [4.78, 5) is 2.68. The molecule has 0 aromatic heterocycles. The third-order valence-corrected chi connectivity index (χ3v) is 4.03. The highest BCUT2D eigenvalue weighted by atomic mass is 15.2. The summed E-state index contributed by atoms with van der Waals surface area (Å²) in [7, 11) is 0. The van der Waals surface area contributed by atoms with Gasteiger partial charge in [-0.2, -0.15) is 0 Å². The van der Waals surface area contributed by atoms with Gasteiger partial charge in [0.15, 0.2) is 0 Å². The molecular weight excluding hydrogens is 196 g/mol. The van der Waals surface area contributed by atoms with Crippen molar-refractivity contribution < 1.29 is 0 Å². The van der Waals surface area contributed by atoms with E-state index in [2.05, 4.69) is 32.6 Å². The molecule has 16 heavy (non-hydrogen) atoms. The monoisotopic (exact) mass is 226 g/mol. The molecule has 0 bridgehead atoms. The summed E-state index contributed by atoms with van der Waals surface area (Å²) in [6.07, 6.45) is 6.68. The van der Waals surface area contributed by atoms with E-state index < -0.39 is 0 Å². The molecule has 1 fully saturated rings. The van der Waals surface area contributed by atoms with E-state index in [1.807, 2.05) is 0 Å².